The van der Waals surface area contributed by atoms with Gasteiger partial charge in [-0.3, -0.25) is 9.69 Å². The second-order valence-corrected chi connectivity index (χ2v) is 7.66. The minimum absolute atomic E-state index is 0.0127. The van der Waals surface area contributed by atoms with E-state index in [0.717, 1.165) is 55.9 Å². The minimum atomic E-state index is 0.0127. The quantitative estimate of drug-likeness (QED) is 0.402. The first-order valence-corrected chi connectivity index (χ1v) is 10.8. The summed E-state index contributed by atoms with van der Waals surface area (Å²) in [5, 5.41) is 4.11. The number of ketones is 1. The van der Waals surface area contributed by atoms with E-state index in [0.29, 0.717) is 29.5 Å². The fraction of sp³-hybridized carbons (Fsp3) is 0.375. The van der Waals surface area contributed by atoms with Crippen LogP contribution in [0, 0.1) is 0 Å². The number of hydrogen-bond acceptors (Lipinski definition) is 8. The molecule has 3 aromatic rings. The Kier molecular flexibility index (Phi) is 7.14. The zero-order chi connectivity index (χ0) is 22.3. The largest absolute Gasteiger partial charge is 0.493 e. The summed E-state index contributed by atoms with van der Waals surface area (Å²) in [5.74, 6) is 1.93. The summed E-state index contributed by atoms with van der Waals surface area (Å²) >= 11 is 0. The third-order valence-corrected chi connectivity index (χ3v) is 5.43. The number of methoxy groups -OCH3 is 1. The normalized spacial score (nSPS) is 14.3. The van der Waals surface area contributed by atoms with Crippen LogP contribution in [-0.4, -0.2) is 67.2 Å². The smallest absolute Gasteiger partial charge is 0.162 e. The van der Waals surface area contributed by atoms with Crippen LogP contribution in [-0.2, 0) is 4.74 Å². The number of nitrogens with zero attached hydrogens (tertiary/aromatic N) is 3. The number of carbonyl (C=O) groups excluding carboxylic acids is 1. The molecule has 1 aliphatic rings. The van der Waals surface area contributed by atoms with Crippen LogP contribution in [0.25, 0.3) is 10.9 Å². The average Bonchev–Trinajstić information content (AvgIpc) is 2.82. The third kappa shape index (κ3) is 5.33. The van der Waals surface area contributed by atoms with E-state index in [1.807, 2.05) is 30.3 Å². The summed E-state index contributed by atoms with van der Waals surface area (Å²) < 4.78 is 17.0. The van der Waals surface area contributed by atoms with Crippen molar-refractivity contribution in [2.45, 2.75) is 13.3 Å². The van der Waals surface area contributed by atoms with Gasteiger partial charge in [-0.1, -0.05) is 12.1 Å². The molecular formula is C24H28N4O4. The van der Waals surface area contributed by atoms with E-state index >= 15 is 0 Å². The van der Waals surface area contributed by atoms with Gasteiger partial charge in [0.1, 0.15) is 12.1 Å². The zero-order valence-electron chi connectivity index (χ0n) is 18.5. The highest BCUT2D eigenvalue weighted by molar-refractivity contribution is 5.96. The van der Waals surface area contributed by atoms with Crippen LogP contribution >= 0.6 is 0 Å². The fourth-order valence-electron chi connectivity index (χ4n) is 3.68. The summed E-state index contributed by atoms with van der Waals surface area (Å²) in [7, 11) is 1.62. The highest BCUT2D eigenvalue weighted by atomic mass is 16.5. The van der Waals surface area contributed by atoms with Crippen molar-refractivity contribution < 1.29 is 19.0 Å². The number of Topliss-reactive ketones (excluding diaryl/α,β-unsaturated/α-hetero) is 1. The lowest BCUT2D eigenvalue weighted by Crippen LogP contribution is -2.37. The van der Waals surface area contributed by atoms with Gasteiger partial charge < -0.3 is 19.5 Å². The van der Waals surface area contributed by atoms with Crippen molar-refractivity contribution in [3.63, 3.8) is 0 Å². The van der Waals surface area contributed by atoms with Crippen LogP contribution in [0.15, 0.2) is 42.7 Å². The summed E-state index contributed by atoms with van der Waals surface area (Å²) in [5.41, 5.74) is 2.16. The van der Waals surface area contributed by atoms with E-state index in [4.69, 9.17) is 14.2 Å². The van der Waals surface area contributed by atoms with Crippen LogP contribution in [0.5, 0.6) is 11.5 Å². The average molecular weight is 437 g/mol. The van der Waals surface area contributed by atoms with Gasteiger partial charge in [0.25, 0.3) is 0 Å². The summed E-state index contributed by atoms with van der Waals surface area (Å²) in [6.45, 7) is 6.63. The number of rotatable bonds is 9. The molecule has 1 aliphatic heterocycles. The first-order chi connectivity index (χ1) is 15.6. The highest BCUT2D eigenvalue weighted by Crippen LogP contribution is 2.35. The lowest BCUT2D eigenvalue weighted by atomic mass is 10.1. The van der Waals surface area contributed by atoms with Crippen molar-refractivity contribution >= 4 is 28.2 Å². The molecule has 32 heavy (non-hydrogen) atoms. The predicted molar refractivity (Wildman–Crippen MR) is 123 cm³/mol. The van der Waals surface area contributed by atoms with Gasteiger partial charge >= 0.3 is 0 Å². The molecule has 0 atom stereocenters. The molecular weight excluding hydrogens is 408 g/mol. The molecule has 1 fully saturated rings. The maximum atomic E-state index is 11.7. The predicted octanol–water partition coefficient (Wildman–Crippen LogP) is 3.69. The maximum Gasteiger partial charge on any atom is 0.162 e. The van der Waals surface area contributed by atoms with Gasteiger partial charge in [0.15, 0.2) is 17.3 Å². The van der Waals surface area contributed by atoms with E-state index in [1.165, 1.54) is 6.33 Å². The molecule has 0 amide bonds. The Morgan fingerprint density at radius 2 is 2.00 bits per heavy atom. The van der Waals surface area contributed by atoms with Crippen molar-refractivity contribution in [1.29, 1.82) is 0 Å². The standard InChI is InChI=1S/C24H28N4O4/c1-17(29)18-5-3-6-19(13-18)27-24-20-14-23(22(30-2)15-21(20)25-16-26-24)32-10-4-7-28-8-11-31-12-9-28/h3,5-6,13-16H,4,7-12H2,1-2H3,(H,25,26,27). The summed E-state index contributed by atoms with van der Waals surface area (Å²) in [6, 6.07) is 11.1. The van der Waals surface area contributed by atoms with Crippen LogP contribution in [0.3, 0.4) is 0 Å². The molecule has 0 bridgehead atoms. The Morgan fingerprint density at radius 3 is 2.78 bits per heavy atom. The van der Waals surface area contributed by atoms with E-state index in [-0.39, 0.29) is 5.78 Å². The Morgan fingerprint density at radius 1 is 1.16 bits per heavy atom. The van der Waals surface area contributed by atoms with E-state index in [1.54, 1.807) is 20.1 Å². The monoisotopic (exact) mass is 436 g/mol. The van der Waals surface area contributed by atoms with Gasteiger partial charge in [0.2, 0.25) is 0 Å². The molecule has 0 radical (unpaired) electrons. The van der Waals surface area contributed by atoms with Crippen LogP contribution in [0.1, 0.15) is 23.7 Å². The Hall–Kier alpha value is -3.23. The van der Waals surface area contributed by atoms with Gasteiger partial charge in [-0.2, -0.15) is 0 Å². The van der Waals surface area contributed by atoms with Crippen LogP contribution < -0.4 is 14.8 Å². The van der Waals surface area contributed by atoms with Gasteiger partial charge in [-0.25, -0.2) is 9.97 Å². The minimum Gasteiger partial charge on any atom is -0.493 e. The SMILES string of the molecule is COc1cc2ncnc(Nc3cccc(C(C)=O)c3)c2cc1OCCCN1CCOCC1. The van der Waals surface area contributed by atoms with Crippen molar-refractivity contribution in [2.75, 3.05) is 51.9 Å². The molecule has 0 unspecified atom stereocenters. The molecule has 4 rings (SSSR count). The summed E-state index contributed by atoms with van der Waals surface area (Å²) in [6.07, 6.45) is 2.41. The first kappa shape index (κ1) is 22.0. The zero-order valence-corrected chi connectivity index (χ0v) is 18.5. The van der Waals surface area contributed by atoms with Gasteiger partial charge in [0, 0.05) is 42.3 Å². The Labute approximate surface area is 187 Å². The van der Waals surface area contributed by atoms with E-state index in [9.17, 15) is 4.79 Å². The van der Waals surface area contributed by atoms with Gasteiger partial charge in [-0.05, 0) is 31.5 Å². The lowest BCUT2D eigenvalue weighted by Gasteiger charge is -2.26. The number of ether oxygens (including phenoxy) is 3. The first-order valence-electron chi connectivity index (χ1n) is 10.8. The molecule has 8 heteroatoms. The highest BCUT2D eigenvalue weighted by Gasteiger charge is 2.13. The topological polar surface area (TPSA) is 85.8 Å². The number of carbonyl (C=O) groups is 1. The molecule has 8 nitrogen and oxygen atoms in total. The van der Waals surface area contributed by atoms with Crippen LogP contribution in [0.4, 0.5) is 11.5 Å². The van der Waals surface area contributed by atoms with Gasteiger partial charge in [0.05, 0.1) is 32.4 Å². The number of nitrogens with one attached hydrogen (secondary N) is 1. The van der Waals surface area contributed by atoms with Crippen molar-refractivity contribution in [2.24, 2.45) is 0 Å². The van der Waals surface area contributed by atoms with Crippen molar-refractivity contribution in [1.82, 2.24) is 14.9 Å². The Bertz CT molecular complexity index is 1080. The number of aromatic nitrogens is 2. The maximum absolute atomic E-state index is 11.7. The molecule has 1 saturated heterocycles. The number of morpholine rings is 1. The van der Waals surface area contributed by atoms with Crippen molar-refractivity contribution in [3.8, 4) is 11.5 Å². The second-order valence-electron chi connectivity index (χ2n) is 7.66. The van der Waals surface area contributed by atoms with E-state index in [2.05, 4.69) is 20.2 Å². The molecule has 0 spiro atoms. The lowest BCUT2D eigenvalue weighted by molar-refractivity contribution is 0.0357. The molecule has 2 heterocycles. The molecule has 2 aromatic carbocycles. The van der Waals surface area contributed by atoms with Crippen LogP contribution in [0.2, 0.25) is 0 Å². The molecule has 1 aromatic heterocycles. The fourth-order valence-corrected chi connectivity index (χ4v) is 3.68. The third-order valence-electron chi connectivity index (χ3n) is 5.43. The van der Waals surface area contributed by atoms with Crippen molar-refractivity contribution in [3.05, 3.63) is 48.3 Å². The van der Waals surface area contributed by atoms with Gasteiger partial charge in [-0.15, -0.1) is 0 Å². The summed E-state index contributed by atoms with van der Waals surface area (Å²) in [4.78, 5) is 22.9. The number of hydrogen-bond donors (Lipinski definition) is 1. The Balaban J connectivity index is 1.51. The van der Waals surface area contributed by atoms with E-state index < -0.39 is 0 Å². The number of benzene rings is 2. The molecule has 0 saturated carbocycles. The number of fused-ring (bicyclic) bond motifs is 1. The second kappa shape index (κ2) is 10.4. The molecule has 168 valence electrons. The molecule has 1 N–H and O–H groups in total. The number of anilines is 2. The molecule has 0 aliphatic carbocycles.